The number of aromatic nitrogens is 2. The molecule has 1 N–H and O–H groups in total. The Morgan fingerprint density at radius 1 is 1.42 bits per heavy atom. The van der Waals surface area contributed by atoms with Gasteiger partial charge in [0, 0.05) is 26.6 Å². The number of hydrogen-bond acceptors (Lipinski definition) is 3. The third kappa shape index (κ3) is 3.11. The van der Waals surface area contributed by atoms with E-state index in [9.17, 15) is 9.59 Å². The van der Waals surface area contributed by atoms with E-state index >= 15 is 0 Å². The van der Waals surface area contributed by atoms with Crippen LogP contribution in [0.15, 0.2) is 18.2 Å². The van der Waals surface area contributed by atoms with Gasteiger partial charge in [-0.25, -0.2) is 4.98 Å². The Kier molecular flexibility index (Phi) is 4.76. The molecule has 1 unspecified atom stereocenters. The molecule has 128 valence electrons. The molecule has 3 rings (SSSR count). The number of imidazole rings is 1. The van der Waals surface area contributed by atoms with Gasteiger partial charge in [-0.15, -0.1) is 0 Å². The molecule has 2 amide bonds. The zero-order valence-corrected chi connectivity index (χ0v) is 14.6. The Morgan fingerprint density at radius 3 is 2.92 bits per heavy atom. The molecule has 1 aliphatic heterocycles. The van der Waals surface area contributed by atoms with Gasteiger partial charge in [0.25, 0.3) is 0 Å². The van der Waals surface area contributed by atoms with Crippen molar-refractivity contribution < 1.29 is 9.59 Å². The number of para-hydroxylation sites is 1. The van der Waals surface area contributed by atoms with Crippen molar-refractivity contribution in [2.24, 2.45) is 13.0 Å². The molecule has 2 heterocycles. The van der Waals surface area contributed by atoms with Crippen LogP contribution >= 0.6 is 11.6 Å². The maximum absolute atomic E-state index is 12.6. The second kappa shape index (κ2) is 6.81. The molecule has 0 aliphatic carbocycles. The summed E-state index contributed by atoms with van der Waals surface area (Å²) in [5, 5.41) is 3.49. The van der Waals surface area contributed by atoms with Crippen LogP contribution < -0.4 is 5.32 Å². The van der Waals surface area contributed by atoms with Gasteiger partial charge in [-0.3, -0.25) is 14.9 Å². The lowest BCUT2D eigenvalue weighted by Gasteiger charge is -2.31. The fourth-order valence-electron chi connectivity index (χ4n) is 3.19. The van der Waals surface area contributed by atoms with E-state index in [4.69, 9.17) is 11.6 Å². The van der Waals surface area contributed by atoms with Crippen molar-refractivity contribution in [2.75, 3.05) is 18.4 Å². The van der Waals surface area contributed by atoms with Gasteiger partial charge in [-0.2, -0.15) is 0 Å². The molecule has 1 fully saturated rings. The zero-order valence-electron chi connectivity index (χ0n) is 13.9. The van der Waals surface area contributed by atoms with E-state index in [1.165, 1.54) is 0 Å². The first kappa shape index (κ1) is 16.8. The highest BCUT2D eigenvalue weighted by atomic mass is 35.5. The smallest absolute Gasteiger partial charge is 0.231 e. The van der Waals surface area contributed by atoms with Crippen LogP contribution in [0.5, 0.6) is 0 Å². The number of hydrogen-bond donors (Lipinski definition) is 1. The summed E-state index contributed by atoms with van der Waals surface area (Å²) in [6.45, 7) is 3.05. The van der Waals surface area contributed by atoms with Gasteiger partial charge in [-0.1, -0.05) is 24.6 Å². The van der Waals surface area contributed by atoms with Crippen molar-refractivity contribution in [1.29, 1.82) is 0 Å². The number of carbonyl (C=O) groups is 2. The number of fused-ring (bicyclic) bond motifs is 1. The largest absolute Gasteiger partial charge is 0.342 e. The quantitative estimate of drug-likeness (QED) is 0.927. The van der Waals surface area contributed by atoms with Gasteiger partial charge in [0.15, 0.2) is 0 Å². The van der Waals surface area contributed by atoms with E-state index in [1.54, 1.807) is 15.5 Å². The van der Waals surface area contributed by atoms with Crippen LogP contribution in [-0.4, -0.2) is 39.4 Å². The first-order valence-corrected chi connectivity index (χ1v) is 8.58. The third-order valence-electron chi connectivity index (χ3n) is 4.53. The van der Waals surface area contributed by atoms with Gasteiger partial charge < -0.3 is 9.47 Å². The van der Waals surface area contributed by atoms with Crippen molar-refractivity contribution in [2.45, 2.75) is 26.2 Å². The SMILES string of the molecule is CCC(=O)N1CCCC(C(=O)Nc2nc3cccc(Cl)c3n2C)C1. The number of halogens is 1. The average Bonchev–Trinajstić information content (AvgIpc) is 2.91. The average molecular weight is 349 g/mol. The number of rotatable bonds is 3. The Morgan fingerprint density at radius 2 is 2.21 bits per heavy atom. The highest BCUT2D eigenvalue weighted by molar-refractivity contribution is 6.35. The topological polar surface area (TPSA) is 67.2 Å². The summed E-state index contributed by atoms with van der Waals surface area (Å²) in [5.41, 5.74) is 1.53. The Bertz CT molecular complexity index is 786. The molecule has 0 radical (unpaired) electrons. The molecule has 7 heteroatoms. The van der Waals surface area contributed by atoms with E-state index < -0.39 is 0 Å². The van der Waals surface area contributed by atoms with Crippen LogP contribution in [0.4, 0.5) is 5.95 Å². The number of benzene rings is 1. The second-order valence-corrected chi connectivity index (χ2v) is 6.53. The lowest BCUT2D eigenvalue weighted by atomic mass is 9.97. The standard InChI is InChI=1S/C17H21ClN4O2/c1-3-14(23)22-9-5-6-11(10-22)16(24)20-17-19-13-8-4-7-12(18)15(13)21(17)2/h4,7-8,11H,3,5-6,9-10H2,1-2H3,(H,19,20,24). The van der Waals surface area contributed by atoms with Crippen molar-refractivity contribution in [1.82, 2.24) is 14.5 Å². The number of aryl methyl sites for hydroxylation is 1. The second-order valence-electron chi connectivity index (χ2n) is 6.12. The molecule has 0 spiro atoms. The lowest BCUT2D eigenvalue weighted by Crippen LogP contribution is -2.43. The molecular formula is C17H21ClN4O2. The van der Waals surface area contributed by atoms with E-state index in [1.807, 2.05) is 26.1 Å². The van der Waals surface area contributed by atoms with Crippen molar-refractivity contribution in [3.05, 3.63) is 23.2 Å². The molecule has 1 saturated heterocycles. The zero-order chi connectivity index (χ0) is 17.3. The van der Waals surface area contributed by atoms with Gasteiger partial charge in [0.1, 0.15) is 0 Å². The normalized spacial score (nSPS) is 18.0. The van der Waals surface area contributed by atoms with Gasteiger partial charge in [-0.05, 0) is 25.0 Å². The number of piperidine rings is 1. The maximum Gasteiger partial charge on any atom is 0.231 e. The minimum absolute atomic E-state index is 0.0990. The fraction of sp³-hybridized carbons (Fsp3) is 0.471. The number of likely N-dealkylation sites (tertiary alicyclic amines) is 1. The molecule has 24 heavy (non-hydrogen) atoms. The van der Waals surface area contributed by atoms with Crippen LogP contribution in [0.25, 0.3) is 11.0 Å². The number of nitrogens with one attached hydrogen (secondary N) is 1. The van der Waals surface area contributed by atoms with Crippen molar-refractivity contribution in [3.8, 4) is 0 Å². The molecule has 1 atom stereocenters. The highest BCUT2D eigenvalue weighted by Crippen LogP contribution is 2.26. The predicted molar refractivity (Wildman–Crippen MR) is 93.9 cm³/mol. The minimum Gasteiger partial charge on any atom is -0.342 e. The van der Waals surface area contributed by atoms with Crippen LogP contribution in [-0.2, 0) is 16.6 Å². The first-order chi connectivity index (χ1) is 11.5. The summed E-state index contributed by atoms with van der Waals surface area (Å²) >= 11 is 6.21. The Hall–Kier alpha value is -2.08. The van der Waals surface area contributed by atoms with Crippen LogP contribution in [0, 0.1) is 5.92 Å². The van der Waals surface area contributed by atoms with Crippen molar-refractivity contribution >= 4 is 40.4 Å². The summed E-state index contributed by atoms with van der Waals surface area (Å²) in [7, 11) is 1.82. The monoisotopic (exact) mass is 348 g/mol. The summed E-state index contributed by atoms with van der Waals surface area (Å²) in [5.74, 6) is 0.270. The van der Waals surface area contributed by atoms with E-state index in [0.29, 0.717) is 23.9 Å². The molecule has 2 aromatic rings. The third-order valence-corrected chi connectivity index (χ3v) is 4.83. The number of carbonyl (C=O) groups excluding carboxylic acids is 2. The molecule has 1 aliphatic rings. The summed E-state index contributed by atoms with van der Waals surface area (Å²) in [6.07, 6.45) is 2.10. The molecule has 0 bridgehead atoms. The number of nitrogens with zero attached hydrogens (tertiary/aromatic N) is 3. The molecule has 1 aromatic carbocycles. The molecule has 1 aromatic heterocycles. The van der Waals surface area contributed by atoms with Gasteiger partial charge >= 0.3 is 0 Å². The van der Waals surface area contributed by atoms with E-state index in [0.717, 1.165) is 30.4 Å². The van der Waals surface area contributed by atoms with Crippen LogP contribution in [0.2, 0.25) is 5.02 Å². The molecule has 0 saturated carbocycles. The van der Waals surface area contributed by atoms with Gasteiger partial charge in [0.2, 0.25) is 17.8 Å². The fourth-order valence-corrected chi connectivity index (χ4v) is 3.48. The summed E-state index contributed by atoms with van der Waals surface area (Å²) in [6, 6.07) is 5.49. The van der Waals surface area contributed by atoms with Gasteiger partial charge in [0.05, 0.1) is 22.0 Å². The lowest BCUT2D eigenvalue weighted by molar-refractivity contribution is -0.134. The highest BCUT2D eigenvalue weighted by Gasteiger charge is 2.28. The van der Waals surface area contributed by atoms with E-state index in [-0.39, 0.29) is 17.7 Å². The van der Waals surface area contributed by atoms with Crippen molar-refractivity contribution in [3.63, 3.8) is 0 Å². The van der Waals surface area contributed by atoms with Crippen LogP contribution in [0.3, 0.4) is 0 Å². The predicted octanol–water partition coefficient (Wildman–Crippen LogP) is 2.81. The summed E-state index contributed by atoms with van der Waals surface area (Å²) in [4.78, 5) is 30.7. The van der Waals surface area contributed by atoms with E-state index in [2.05, 4.69) is 10.3 Å². The number of amides is 2. The molecule has 6 nitrogen and oxygen atoms in total. The number of anilines is 1. The Balaban J connectivity index is 1.76. The van der Waals surface area contributed by atoms with Crippen LogP contribution in [0.1, 0.15) is 26.2 Å². The maximum atomic E-state index is 12.6. The minimum atomic E-state index is -0.204. The Labute approximate surface area is 145 Å². The summed E-state index contributed by atoms with van der Waals surface area (Å²) < 4.78 is 1.79. The molecular weight excluding hydrogens is 328 g/mol. The first-order valence-electron chi connectivity index (χ1n) is 8.20.